The molecule has 0 N–H and O–H groups in total. The van der Waals surface area contributed by atoms with Crippen LogP contribution in [0.2, 0.25) is 0 Å². The molecule has 0 saturated carbocycles. The maximum absolute atomic E-state index is 5.44. The van der Waals surface area contributed by atoms with Crippen LogP contribution in [-0.4, -0.2) is 11.8 Å². The predicted molar refractivity (Wildman–Crippen MR) is 74.5 cm³/mol. The van der Waals surface area contributed by atoms with Gasteiger partial charge >= 0.3 is 0 Å². The highest BCUT2D eigenvalue weighted by Gasteiger charge is 2.22. The minimum absolute atomic E-state index is 0.284. The van der Waals surface area contributed by atoms with Crippen LogP contribution in [0.15, 0.2) is 40.6 Å². The standard InChI is InChI=1S/C13H8BrN2O2S/c14-9-4-12-11(17-7-18-12)3-8(9)10-6-19-13-5-15-1-2-16(10)13/h1-6H,7H2/q+1. The normalized spacial score (nSPS) is 13.1. The van der Waals surface area contributed by atoms with Crippen LogP contribution in [-0.2, 0) is 0 Å². The minimum atomic E-state index is 0.284. The molecule has 6 heteroatoms. The summed E-state index contributed by atoms with van der Waals surface area (Å²) in [4.78, 5) is 5.23. The summed E-state index contributed by atoms with van der Waals surface area (Å²) in [7, 11) is 0. The minimum Gasteiger partial charge on any atom is -0.454 e. The lowest BCUT2D eigenvalue weighted by molar-refractivity contribution is -0.495. The van der Waals surface area contributed by atoms with Gasteiger partial charge in [-0.15, -0.1) is 4.40 Å². The maximum atomic E-state index is 5.44. The SMILES string of the molecule is Brc1cc2c(cc1-c1csc3cncc[n+]13)OCO2. The summed E-state index contributed by atoms with van der Waals surface area (Å²) < 4.78 is 13.9. The Morgan fingerprint density at radius 2 is 2.11 bits per heavy atom. The molecule has 0 fully saturated rings. The van der Waals surface area contributed by atoms with Crippen LogP contribution in [0.5, 0.6) is 11.5 Å². The first-order chi connectivity index (χ1) is 9.33. The van der Waals surface area contributed by atoms with E-state index in [-0.39, 0.29) is 6.79 Å². The Hall–Kier alpha value is -1.66. The molecule has 4 rings (SSSR count). The van der Waals surface area contributed by atoms with E-state index in [4.69, 9.17) is 9.47 Å². The van der Waals surface area contributed by atoms with Crippen LogP contribution in [0.25, 0.3) is 16.1 Å². The monoisotopic (exact) mass is 335 g/mol. The third-order valence-electron chi connectivity index (χ3n) is 3.01. The van der Waals surface area contributed by atoms with E-state index >= 15 is 0 Å². The van der Waals surface area contributed by atoms with Crippen LogP contribution in [0, 0.1) is 0 Å². The molecular weight excluding hydrogens is 328 g/mol. The first-order valence-electron chi connectivity index (χ1n) is 5.65. The molecule has 19 heavy (non-hydrogen) atoms. The summed E-state index contributed by atoms with van der Waals surface area (Å²) in [5.41, 5.74) is 2.18. The van der Waals surface area contributed by atoms with Crippen molar-refractivity contribution in [2.24, 2.45) is 0 Å². The average Bonchev–Trinajstić information content (AvgIpc) is 3.03. The number of hydrogen-bond acceptors (Lipinski definition) is 4. The van der Waals surface area contributed by atoms with E-state index in [2.05, 4.69) is 30.7 Å². The van der Waals surface area contributed by atoms with E-state index in [0.29, 0.717) is 0 Å². The van der Waals surface area contributed by atoms with E-state index in [0.717, 1.165) is 32.1 Å². The summed E-state index contributed by atoms with van der Waals surface area (Å²) in [5, 5.41) is 2.11. The second-order valence-electron chi connectivity index (χ2n) is 4.09. The lowest BCUT2D eigenvalue weighted by Gasteiger charge is -2.01. The van der Waals surface area contributed by atoms with Gasteiger partial charge in [-0.25, -0.2) is 0 Å². The van der Waals surface area contributed by atoms with Crippen molar-refractivity contribution in [3.05, 3.63) is 40.6 Å². The average molecular weight is 336 g/mol. The largest absolute Gasteiger partial charge is 0.454 e. The molecule has 0 bridgehead atoms. The van der Waals surface area contributed by atoms with Gasteiger partial charge in [-0.3, -0.25) is 4.98 Å². The van der Waals surface area contributed by atoms with Crippen LogP contribution < -0.4 is 13.9 Å². The molecule has 3 heterocycles. The highest BCUT2D eigenvalue weighted by atomic mass is 79.9. The van der Waals surface area contributed by atoms with Crippen molar-refractivity contribution < 1.29 is 13.9 Å². The zero-order chi connectivity index (χ0) is 12.8. The van der Waals surface area contributed by atoms with Gasteiger partial charge in [-0.05, 0) is 28.1 Å². The summed E-state index contributed by atoms with van der Waals surface area (Å²) >= 11 is 5.26. The van der Waals surface area contributed by atoms with Crippen LogP contribution >= 0.6 is 27.3 Å². The van der Waals surface area contributed by atoms with Crippen molar-refractivity contribution in [3.63, 3.8) is 0 Å². The van der Waals surface area contributed by atoms with Crippen molar-refractivity contribution in [1.82, 2.24) is 4.98 Å². The third kappa shape index (κ3) is 1.71. The Balaban J connectivity index is 1.97. The molecule has 0 aliphatic carbocycles. The smallest absolute Gasteiger partial charge is 0.286 e. The fourth-order valence-electron chi connectivity index (χ4n) is 2.11. The molecule has 94 valence electrons. The van der Waals surface area contributed by atoms with Crippen LogP contribution in [0.1, 0.15) is 0 Å². The molecule has 4 nitrogen and oxygen atoms in total. The van der Waals surface area contributed by atoms with Crippen molar-refractivity contribution >= 4 is 32.1 Å². The molecular formula is C13H8BrN2O2S+. The third-order valence-corrected chi connectivity index (χ3v) is 4.55. The molecule has 3 aromatic rings. The number of thiazole rings is 1. The predicted octanol–water partition coefficient (Wildman–Crippen LogP) is 3.04. The summed E-state index contributed by atoms with van der Waals surface area (Å²) in [5.74, 6) is 1.56. The van der Waals surface area contributed by atoms with Crippen LogP contribution in [0.4, 0.5) is 0 Å². The summed E-state index contributed by atoms with van der Waals surface area (Å²) in [6, 6.07) is 3.95. The molecule has 0 atom stereocenters. The highest BCUT2D eigenvalue weighted by molar-refractivity contribution is 9.10. The van der Waals surface area contributed by atoms with Crippen molar-refractivity contribution in [2.45, 2.75) is 0 Å². The fourth-order valence-corrected chi connectivity index (χ4v) is 3.51. The second-order valence-corrected chi connectivity index (χ2v) is 5.83. The highest BCUT2D eigenvalue weighted by Crippen LogP contribution is 2.40. The van der Waals surface area contributed by atoms with Crippen LogP contribution in [0.3, 0.4) is 0 Å². The van der Waals surface area contributed by atoms with Crippen molar-refractivity contribution in [1.29, 1.82) is 0 Å². The second kappa shape index (κ2) is 4.18. The van der Waals surface area contributed by atoms with E-state index in [1.54, 1.807) is 17.5 Å². The summed E-state index contributed by atoms with van der Waals surface area (Å²) in [6.45, 7) is 0.284. The molecule has 0 amide bonds. The number of nitrogens with zero attached hydrogens (tertiary/aromatic N) is 2. The Labute approximate surface area is 121 Å². The Kier molecular flexibility index (Phi) is 2.46. The molecule has 0 radical (unpaired) electrons. The molecule has 0 saturated heterocycles. The van der Waals surface area contributed by atoms with E-state index in [1.807, 2.05) is 24.5 Å². The molecule has 1 aliphatic rings. The van der Waals surface area contributed by atoms with E-state index in [1.165, 1.54) is 0 Å². The number of halogens is 1. The van der Waals surface area contributed by atoms with Gasteiger partial charge in [0.05, 0.1) is 17.1 Å². The summed E-state index contributed by atoms with van der Waals surface area (Å²) in [6.07, 6.45) is 5.59. The zero-order valence-corrected chi connectivity index (χ0v) is 12.1. The quantitative estimate of drug-likeness (QED) is 0.641. The molecule has 0 spiro atoms. The van der Waals surface area contributed by atoms with Crippen molar-refractivity contribution in [2.75, 3.05) is 6.79 Å². The Bertz CT molecular complexity index is 787. The fraction of sp³-hybridized carbons (Fsp3) is 0.0769. The lowest BCUT2D eigenvalue weighted by atomic mass is 10.1. The Morgan fingerprint density at radius 3 is 3.00 bits per heavy atom. The van der Waals surface area contributed by atoms with Gasteiger partial charge < -0.3 is 9.47 Å². The first-order valence-corrected chi connectivity index (χ1v) is 7.32. The van der Waals surface area contributed by atoms with Gasteiger partial charge in [-0.2, -0.15) is 0 Å². The Morgan fingerprint density at radius 1 is 1.26 bits per heavy atom. The molecule has 1 aromatic carbocycles. The maximum Gasteiger partial charge on any atom is 0.286 e. The topological polar surface area (TPSA) is 35.5 Å². The van der Waals surface area contributed by atoms with Gasteiger partial charge in [0, 0.05) is 4.47 Å². The van der Waals surface area contributed by atoms with Gasteiger partial charge in [-0.1, -0.05) is 11.3 Å². The molecule has 2 aromatic heterocycles. The number of aromatic nitrogens is 2. The van der Waals surface area contributed by atoms with Crippen molar-refractivity contribution in [3.8, 4) is 22.8 Å². The van der Waals surface area contributed by atoms with Gasteiger partial charge in [0.25, 0.3) is 4.83 Å². The molecule has 1 aliphatic heterocycles. The number of benzene rings is 1. The number of hydrogen-bond donors (Lipinski definition) is 0. The lowest BCUT2D eigenvalue weighted by Crippen LogP contribution is -2.20. The number of ether oxygens (including phenoxy) is 2. The van der Waals surface area contributed by atoms with E-state index in [9.17, 15) is 0 Å². The number of rotatable bonds is 1. The number of fused-ring (bicyclic) bond motifs is 2. The first kappa shape index (κ1) is 11.2. The van der Waals surface area contributed by atoms with E-state index < -0.39 is 0 Å². The van der Waals surface area contributed by atoms with Gasteiger partial charge in [0.1, 0.15) is 6.20 Å². The zero-order valence-electron chi connectivity index (χ0n) is 9.67. The van der Waals surface area contributed by atoms with Gasteiger partial charge in [0.15, 0.2) is 17.7 Å². The van der Waals surface area contributed by atoms with Gasteiger partial charge in [0.2, 0.25) is 12.5 Å². The molecule has 0 unspecified atom stereocenters.